The van der Waals surface area contributed by atoms with E-state index in [1.807, 2.05) is 42.1 Å². The first-order chi connectivity index (χ1) is 13.8. The van der Waals surface area contributed by atoms with E-state index in [9.17, 15) is 0 Å². The van der Waals surface area contributed by atoms with Crippen molar-refractivity contribution in [1.29, 1.82) is 0 Å². The fourth-order valence-electron chi connectivity index (χ4n) is 3.79. The van der Waals surface area contributed by atoms with Crippen molar-refractivity contribution >= 4 is 27.4 Å². The van der Waals surface area contributed by atoms with Crippen LogP contribution in [-0.2, 0) is 19.4 Å². The molecule has 4 heterocycles. The fourth-order valence-corrected chi connectivity index (χ4v) is 5.05. The molecule has 140 valence electrons. The molecule has 1 N–H and O–H groups in total. The highest BCUT2D eigenvalue weighted by Gasteiger charge is 2.21. The van der Waals surface area contributed by atoms with Gasteiger partial charge in [0, 0.05) is 41.8 Å². The van der Waals surface area contributed by atoms with Crippen LogP contribution < -0.4 is 5.32 Å². The van der Waals surface area contributed by atoms with E-state index in [-0.39, 0.29) is 0 Å². The molecular formula is C22H21N5S. The Kier molecular flexibility index (Phi) is 4.49. The Morgan fingerprint density at radius 2 is 1.93 bits per heavy atom. The Morgan fingerprint density at radius 3 is 2.79 bits per heavy atom. The molecule has 0 saturated carbocycles. The van der Waals surface area contributed by atoms with Gasteiger partial charge < -0.3 is 5.32 Å². The maximum atomic E-state index is 4.93. The molecule has 0 fully saturated rings. The number of anilines is 1. The van der Waals surface area contributed by atoms with Gasteiger partial charge in [0.05, 0.1) is 5.39 Å². The maximum absolute atomic E-state index is 4.93. The topological polar surface area (TPSA) is 63.6 Å². The molecule has 0 saturated heterocycles. The largest absolute Gasteiger partial charge is 0.365 e. The number of pyridine rings is 2. The second-order valence-electron chi connectivity index (χ2n) is 7.18. The van der Waals surface area contributed by atoms with Crippen LogP contribution in [-0.4, -0.2) is 19.9 Å². The van der Waals surface area contributed by atoms with Crippen molar-refractivity contribution in [2.24, 2.45) is 0 Å². The third-order valence-electron chi connectivity index (χ3n) is 5.32. The van der Waals surface area contributed by atoms with E-state index in [0.29, 0.717) is 0 Å². The van der Waals surface area contributed by atoms with Crippen molar-refractivity contribution < 1.29 is 0 Å². The molecule has 0 radical (unpaired) electrons. The molecule has 0 bridgehead atoms. The Balaban J connectivity index is 1.62. The van der Waals surface area contributed by atoms with Crippen molar-refractivity contribution in [3.05, 3.63) is 64.6 Å². The normalized spacial score (nSPS) is 13.5. The minimum atomic E-state index is 0.720. The summed E-state index contributed by atoms with van der Waals surface area (Å²) >= 11 is 1.83. The summed E-state index contributed by atoms with van der Waals surface area (Å²) in [5.41, 5.74) is 4.80. The van der Waals surface area contributed by atoms with Crippen LogP contribution in [0.2, 0.25) is 0 Å². The van der Waals surface area contributed by atoms with E-state index in [1.54, 1.807) is 6.20 Å². The average Bonchev–Trinajstić information content (AvgIpc) is 3.12. The van der Waals surface area contributed by atoms with Gasteiger partial charge in [0.1, 0.15) is 10.6 Å². The predicted octanol–water partition coefficient (Wildman–Crippen LogP) is 4.95. The van der Waals surface area contributed by atoms with E-state index in [0.717, 1.165) is 41.4 Å². The van der Waals surface area contributed by atoms with Crippen LogP contribution in [0.1, 0.15) is 34.4 Å². The molecule has 0 unspecified atom stereocenters. The van der Waals surface area contributed by atoms with Gasteiger partial charge in [-0.15, -0.1) is 11.3 Å². The summed E-state index contributed by atoms with van der Waals surface area (Å²) in [5.74, 6) is 1.66. The third-order valence-corrected chi connectivity index (χ3v) is 6.50. The molecule has 1 aliphatic rings. The first-order valence-corrected chi connectivity index (χ1v) is 10.5. The number of rotatable bonds is 4. The van der Waals surface area contributed by atoms with Crippen LogP contribution in [0.3, 0.4) is 0 Å². The Morgan fingerprint density at radius 1 is 1.04 bits per heavy atom. The molecule has 1 aliphatic carbocycles. The number of fused-ring (bicyclic) bond motifs is 3. The summed E-state index contributed by atoms with van der Waals surface area (Å²) in [6.07, 6.45) is 12.1. The van der Waals surface area contributed by atoms with Crippen LogP contribution in [0, 0.1) is 6.92 Å². The molecule has 0 spiro atoms. The molecule has 0 aliphatic heterocycles. The summed E-state index contributed by atoms with van der Waals surface area (Å²) in [4.78, 5) is 20.8. The zero-order valence-corrected chi connectivity index (χ0v) is 16.6. The highest BCUT2D eigenvalue weighted by molar-refractivity contribution is 7.19. The third kappa shape index (κ3) is 3.14. The van der Waals surface area contributed by atoms with Gasteiger partial charge in [-0.05, 0) is 67.5 Å². The second-order valence-corrected chi connectivity index (χ2v) is 8.27. The van der Waals surface area contributed by atoms with Gasteiger partial charge in [0.15, 0.2) is 5.82 Å². The van der Waals surface area contributed by atoms with Crippen LogP contribution in [0.25, 0.3) is 21.6 Å². The zero-order chi connectivity index (χ0) is 18.9. The van der Waals surface area contributed by atoms with Crippen molar-refractivity contribution in [2.45, 2.75) is 39.2 Å². The molecule has 5 nitrogen and oxygen atoms in total. The molecule has 28 heavy (non-hydrogen) atoms. The molecule has 0 amide bonds. The lowest BCUT2D eigenvalue weighted by Crippen LogP contribution is -2.06. The monoisotopic (exact) mass is 387 g/mol. The number of nitrogens with zero attached hydrogens (tertiary/aromatic N) is 4. The van der Waals surface area contributed by atoms with Crippen molar-refractivity contribution in [3.8, 4) is 11.4 Å². The van der Waals surface area contributed by atoms with Gasteiger partial charge in [0.2, 0.25) is 0 Å². The Hall–Kier alpha value is -2.86. The first-order valence-electron chi connectivity index (χ1n) is 9.65. The molecule has 6 heteroatoms. The average molecular weight is 388 g/mol. The number of aryl methyl sites for hydroxylation is 3. The predicted molar refractivity (Wildman–Crippen MR) is 114 cm³/mol. The number of nitrogens with one attached hydrogen (secondary N) is 1. The molecule has 4 aromatic rings. The van der Waals surface area contributed by atoms with E-state index in [1.165, 1.54) is 39.8 Å². The standard InChI is InChI=1S/C22H21N5S/c1-14-11-24-10-8-15(14)13-25-21-19-17-6-2-3-7-18(17)28-22(19)27-20(26-21)16-5-4-9-23-12-16/h4-5,8-12H,2-3,6-7,13H2,1H3,(H,25,26,27). The smallest absolute Gasteiger partial charge is 0.164 e. The maximum Gasteiger partial charge on any atom is 0.164 e. The quantitative estimate of drug-likeness (QED) is 0.537. The summed E-state index contributed by atoms with van der Waals surface area (Å²) in [6.45, 7) is 2.81. The van der Waals surface area contributed by atoms with Crippen LogP contribution in [0.4, 0.5) is 5.82 Å². The summed E-state index contributed by atoms with van der Waals surface area (Å²) in [7, 11) is 0. The van der Waals surface area contributed by atoms with Crippen molar-refractivity contribution in [1.82, 2.24) is 19.9 Å². The van der Waals surface area contributed by atoms with Crippen molar-refractivity contribution in [2.75, 3.05) is 5.32 Å². The molecular weight excluding hydrogens is 366 g/mol. The minimum absolute atomic E-state index is 0.720. The van der Waals surface area contributed by atoms with Gasteiger partial charge >= 0.3 is 0 Å². The zero-order valence-electron chi connectivity index (χ0n) is 15.8. The van der Waals surface area contributed by atoms with Gasteiger partial charge in [-0.3, -0.25) is 9.97 Å². The van der Waals surface area contributed by atoms with Crippen LogP contribution >= 0.6 is 11.3 Å². The van der Waals surface area contributed by atoms with Crippen LogP contribution in [0.5, 0.6) is 0 Å². The van der Waals surface area contributed by atoms with Crippen molar-refractivity contribution in [3.63, 3.8) is 0 Å². The fraction of sp³-hybridized carbons (Fsp3) is 0.273. The van der Waals surface area contributed by atoms with E-state index in [2.05, 4.69) is 28.3 Å². The minimum Gasteiger partial charge on any atom is -0.365 e. The van der Waals surface area contributed by atoms with E-state index in [4.69, 9.17) is 9.97 Å². The van der Waals surface area contributed by atoms with E-state index >= 15 is 0 Å². The summed E-state index contributed by atoms with van der Waals surface area (Å²) in [6, 6.07) is 6.00. The van der Waals surface area contributed by atoms with Gasteiger partial charge in [0.25, 0.3) is 0 Å². The van der Waals surface area contributed by atoms with E-state index < -0.39 is 0 Å². The molecule has 5 rings (SSSR count). The number of hydrogen-bond acceptors (Lipinski definition) is 6. The number of thiophene rings is 1. The van der Waals surface area contributed by atoms with Crippen LogP contribution in [0.15, 0.2) is 43.0 Å². The highest BCUT2D eigenvalue weighted by atomic mass is 32.1. The molecule has 0 aromatic carbocycles. The first kappa shape index (κ1) is 17.3. The molecule has 0 atom stereocenters. The van der Waals surface area contributed by atoms with Gasteiger partial charge in [-0.2, -0.15) is 0 Å². The Bertz CT molecular complexity index is 1140. The summed E-state index contributed by atoms with van der Waals surface area (Å²) in [5, 5.41) is 4.81. The Labute approximate surface area is 167 Å². The lowest BCUT2D eigenvalue weighted by molar-refractivity contribution is 0.700. The molecule has 4 aromatic heterocycles. The second kappa shape index (κ2) is 7.28. The lowest BCUT2D eigenvalue weighted by atomic mass is 9.97. The van der Waals surface area contributed by atoms with Gasteiger partial charge in [-0.1, -0.05) is 0 Å². The summed E-state index contributed by atoms with van der Waals surface area (Å²) < 4.78 is 0. The van der Waals surface area contributed by atoms with Gasteiger partial charge in [-0.25, -0.2) is 9.97 Å². The highest BCUT2D eigenvalue weighted by Crippen LogP contribution is 2.39. The lowest BCUT2D eigenvalue weighted by Gasteiger charge is -2.14. The number of hydrogen-bond donors (Lipinski definition) is 1. The SMILES string of the molecule is Cc1cnccc1CNc1nc(-c2cccnc2)nc2sc3c(c12)CCCC3. The number of aromatic nitrogens is 4.